The van der Waals surface area contributed by atoms with Crippen molar-refractivity contribution in [2.75, 3.05) is 23.7 Å². The molecule has 0 saturated carbocycles. The molecular formula is C21H22F3N5O2S. The molecule has 1 aromatic heterocycles. The highest BCUT2D eigenvalue weighted by Gasteiger charge is 2.30. The molecule has 0 aliphatic heterocycles. The lowest BCUT2D eigenvalue weighted by Gasteiger charge is -2.11. The minimum atomic E-state index is -4.53. The lowest BCUT2D eigenvalue weighted by molar-refractivity contribution is -0.137. The van der Waals surface area contributed by atoms with Crippen LogP contribution in [0, 0.1) is 13.8 Å². The molecule has 11 heteroatoms. The Morgan fingerprint density at radius 1 is 0.906 bits per heavy atom. The van der Waals surface area contributed by atoms with Crippen LogP contribution in [0.2, 0.25) is 0 Å². The zero-order valence-electron chi connectivity index (χ0n) is 17.4. The van der Waals surface area contributed by atoms with E-state index in [0.29, 0.717) is 17.5 Å². The van der Waals surface area contributed by atoms with Gasteiger partial charge in [-0.1, -0.05) is 17.7 Å². The number of nitrogens with one attached hydrogen (secondary N) is 3. The van der Waals surface area contributed by atoms with Crippen molar-refractivity contribution in [1.82, 2.24) is 14.7 Å². The number of alkyl halides is 3. The Bertz CT molecular complexity index is 1170. The van der Waals surface area contributed by atoms with Crippen LogP contribution in [0.5, 0.6) is 0 Å². The van der Waals surface area contributed by atoms with Gasteiger partial charge in [0, 0.05) is 30.5 Å². The van der Waals surface area contributed by atoms with Crippen molar-refractivity contribution in [3.05, 3.63) is 71.4 Å². The van der Waals surface area contributed by atoms with Gasteiger partial charge in [0.25, 0.3) is 0 Å². The van der Waals surface area contributed by atoms with Gasteiger partial charge in [-0.3, -0.25) is 0 Å². The number of nitrogens with zero attached hydrogens (tertiary/aromatic N) is 2. The Morgan fingerprint density at radius 3 is 2.19 bits per heavy atom. The van der Waals surface area contributed by atoms with Crippen LogP contribution in [0.15, 0.2) is 59.5 Å². The van der Waals surface area contributed by atoms with Gasteiger partial charge in [0.15, 0.2) is 0 Å². The predicted molar refractivity (Wildman–Crippen MR) is 116 cm³/mol. The minimum absolute atomic E-state index is 0.0125. The number of rotatable bonds is 8. The molecule has 0 bridgehead atoms. The van der Waals surface area contributed by atoms with Crippen LogP contribution in [0.25, 0.3) is 0 Å². The smallest absolute Gasteiger partial charge is 0.353 e. The fraction of sp³-hybridized carbons (Fsp3) is 0.238. The molecule has 0 aliphatic rings. The van der Waals surface area contributed by atoms with Gasteiger partial charge in [0.1, 0.15) is 5.82 Å². The number of hydrogen-bond donors (Lipinski definition) is 3. The average Bonchev–Trinajstić information content (AvgIpc) is 2.72. The topological polar surface area (TPSA) is 96.0 Å². The zero-order valence-corrected chi connectivity index (χ0v) is 18.2. The second-order valence-electron chi connectivity index (χ2n) is 7.06. The highest BCUT2D eigenvalue weighted by Crippen LogP contribution is 2.29. The summed E-state index contributed by atoms with van der Waals surface area (Å²) in [6.45, 7) is 3.96. The Kier molecular flexibility index (Phi) is 6.99. The van der Waals surface area contributed by atoms with Crippen molar-refractivity contribution in [2.45, 2.75) is 24.9 Å². The molecule has 0 fully saturated rings. The third-order valence-corrected chi connectivity index (χ3v) is 5.85. The normalized spacial score (nSPS) is 11.9. The summed E-state index contributed by atoms with van der Waals surface area (Å²) in [5.41, 5.74) is 1.80. The van der Waals surface area contributed by atoms with Crippen LogP contribution >= 0.6 is 0 Å². The third kappa shape index (κ3) is 6.41. The molecule has 2 aromatic carbocycles. The maximum atomic E-state index is 12.6. The van der Waals surface area contributed by atoms with Crippen LogP contribution in [-0.2, 0) is 16.2 Å². The van der Waals surface area contributed by atoms with E-state index in [2.05, 4.69) is 25.3 Å². The molecule has 0 atom stereocenters. The first-order chi connectivity index (χ1) is 15.0. The number of benzene rings is 2. The van der Waals surface area contributed by atoms with Crippen LogP contribution in [0.3, 0.4) is 0 Å². The fourth-order valence-electron chi connectivity index (χ4n) is 2.76. The maximum absolute atomic E-state index is 12.6. The summed E-state index contributed by atoms with van der Waals surface area (Å²) in [7, 11) is -3.95. The van der Waals surface area contributed by atoms with E-state index in [4.69, 9.17) is 0 Å². The van der Waals surface area contributed by atoms with Crippen LogP contribution in [0.4, 0.5) is 30.6 Å². The van der Waals surface area contributed by atoms with Crippen LogP contribution in [-0.4, -0.2) is 31.5 Å². The summed E-state index contributed by atoms with van der Waals surface area (Å²) in [5.74, 6) is 0.891. The van der Waals surface area contributed by atoms with Crippen molar-refractivity contribution >= 4 is 27.5 Å². The largest absolute Gasteiger partial charge is 0.416 e. The number of hydrogen-bond acceptors (Lipinski definition) is 6. The molecular weight excluding hydrogens is 443 g/mol. The van der Waals surface area contributed by atoms with Crippen molar-refractivity contribution < 1.29 is 21.6 Å². The van der Waals surface area contributed by atoms with Gasteiger partial charge in [-0.2, -0.15) is 18.2 Å². The van der Waals surface area contributed by atoms with Crippen molar-refractivity contribution in [3.8, 4) is 0 Å². The number of aromatic nitrogens is 2. The van der Waals surface area contributed by atoms with E-state index in [-0.39, 0.29) is 18.0 Å². The minimum Gasteiger partial charge on any atom is -0.353 e. The summed E-state index contributed by atoms with van der Waals surface area (Å²) in [5, 5.41) is 6.12. The molecule has 3 N–H and O–H groups in total. The molecule has 3 aromatic rings. The van der Waals surface area contributed by atoms with Crippen LogP contribution in [0.1, 0.15) is 16.8 Å². The Balaban J connectivity index is 1.56. The first-order valence-corrected chi connectivity index (χ1v) is 11.1. The monoisotopic (exact) mass is 465 g/mol. The molecule has 0 unspecified atom stereocenters. The number of aryl methyl sites for hydroxylation is 2. The second-order valence-corrected chi connectivity index (χ2v) is 8.82. The molecule has 1 heterocycles. The van der Waals surface area contributed by atoms with E-state index < -0.39 is 21.8 Å². The van der Waals surface area contributed by atoms with E-state index in [0.717, 1.165) is 35.5 Å². The summed E-state index contributed by atoms with van der Waals surface area (Å²) < 4.78 is 64.8. The highest BCUT2D eigenvalue weighted by atomic mass is 32.2. The fourth-order valence-corrected chi connectivity index (χ4v) is 3.79. The average molecular weight is 466 g/mol. The lowest BCUT2D eigenvalue weighted by atomic mass is 10.2. The Hall–Kier alpha value is -3.18. The number of anilines is 3. The highest BCUT2D eigenvalue weighted by molar-refractivity contribution is 7.89. The number of sulfonamides is 1. The molecule has 32 heavy (non-hydrogen) atoms. The van der Waals surface area contributed by atoms with E-state index in [1.807, 2.05) is 31.2 Å². The predicted octanol–water partition coefficient (Wildman–Crippen LogP) is 4.25. The molecule has 7 nitrogen and oxygen atoms in total. The number of halogens is 3. The van der Waals surface area contributed by atoms with Gasteiger partial charge in [-0.05, 0) is 50.2 Å². The summed E-state index contributed by atoms with van der Waals surface area (Å²) in [6, 6.07) is 12.9. The zero-order chi connectivity index (χ0) is 23.4. The van der Waals surface area contributed by atoms with Gasteiger partial charge < -0.3 is 10.6 Å². The van der Waals surface area contributed by atoms with E-state index in [1.54, 1.807) is 13.0 Å². The van der Waals surface area contributed by atoms with E-state index in [9.17, 15) is 21.6 Å². The molecule has 0 saturated heterocycles. The molecule has 170 valence electrons. The molecule has 3 rings (SSSR count). The Labute approximate surface area is 184 Å². The lowest BCUT2D eigenvalue weighted by Crippen LogP contribution is -2.29. The first kappa shape index (κ1) is 23.5. The van der Waals surface area contributed by atoms with Crippen molar-refractivity contribution in [2.24, 2.45) is 0 Å². The van der Waals surface area contributed by atoms with Gasteiger partial charge in [0.2, 0.25) is 16.0 Å². The first-order valence-electron chi connectivity index (χ1n) is 9.63. The maximum Gasteiger partial charge on any atom is 0.416 e. The molecule has 0 aliphatic carbocycles. The van der Waals surface area contributed by atoms with Gasteiger partial charge in [0.05, 0.1) is 10.5 Å². The second kappa shape index (κ2) is 9.53. The third-order valence-electron chi connectivity index (χ3n) is 4.37. The van der Waals surface area contributed by atoms with Gasteiger partial charge in [-0.25, -0.2) is 18.1 Å². The molecule has 0 amide bonds. The summed E-state index contributed by atoms with van der Waals surface area (Å²) >= 11 is 0. The van der Waals surface area contributed by atoms with Gasteiger partial charge >= 0.3 is 6.18 Å². The SMILES string of the molecule is Cc1ccc(Nc2cc(C)nc(NCCNS(=O)(=O)c3ccc(C(F)(F)F)cc3)n2)cc1. The molecule has 0 spiro atoms. The van der Waals surface area contributed by atoms with E-state index >= 15 is 0 Å². The van der Waals surface area contributed by atoms with E-state index in [1.165, 1.54) is 0 Å². The molecule has 0 radical (unpaired) electrons. The quantitative estimate of drug-likeness (QED) is 0.431. The van der Waals surface area contributed by atoms with Crippen molar-refractivity contribution in [3.63, 3.8) is 0 Å². The van der Waals surface area contributed by atoms with Crippen LogP contribution < -0.4 is 15.4 Å². The standard InChI is InChI=1S/C21H22F3N5O2S/c1-14-3-7-17(8-4-14)28-19-13-15(2)27-20(29-19)25-11-12-26-32(30,31)18-9-5-16(6-10-18)21(22,23)24/h3-10,13,26H,11-12H2,1-2H3,(H2,25,27,28,29). The summed E-state index contributed by atoms with van der Waals surface area (Å²) in [4.78, 5) is 8.38. The Morgan fingerprint density at radius 2 is 1.56 bits per heavy atom. The van der Waals surface area contributed by atoms with Gasteiger partial charge in [-0.15, -0.1) is 0 Å². The van der Waals surface area contributed by atoms with Crippen molar-refractivity contribution in [1.29, 1.82) is 0 Å². The summed E-state index contributed by atoms with van der Waals surface area (Å²) in [6.07, 6.45) is -4.53.